The number of carboxylic acid groups (broad SMARTS) is 1. The number of nitrogens with zero attached hydrogens (tertiary/aromatic N) is 1. The lowest BCUT2D eigenvalue weighted by molar-refractivity contribution is -0.146. The number of amides is 1. The minimum absolute atomic E-state index is 0.00128. The Morgan fingerprint density at radius 1 is 1.14 bits per heavy atom. The van der Waals surface area contributed by atoms with Gasteiger partial charge in [0.2, 0.25) is 5.91 Å². The Balaban J connectivity index is 1.59. The Morgan fingerprint density at radius 2 is 1.82 bits per heavy atom. The molecule has 1 aliphatic heterocycles. The number of rotatable bonds is 3. The first-order valence-electron chi connectivity index (χ1n) is 7.44. The van der Waals surface area contributed by atoms with Gasteiger partial charge in [-0.25, -0.2) is 0 Å². The second kappa shape index (κ2) is 6.09. The molecule has 22 heavy (non-hydrogen) atoms. The van der Waals surface area contributed by atoms with Crippen molar-refractivity contribution in [1.82, 2.24) is 4.90 Å². The van der Waals surface area contributed by atoms with Gasteiger partial charge < -0.3 is 10.0 Å². The van der Waals surface area contributed by atoms with Crippen LogP contribution in [-0.2, 0) is 9.59 Å². The lowest BCUT2D eigenvalue weighted by Crippen LogP contribution is -2.41. The molecule has 4 nitrogen and oxygen atoms in total. The lowest BCUT2D eigenvalue weighted by Gasteiger charge is -2.30. The first kappa shape index (κ1) is 15.6. The number of aliphatic carboxylic acids is 1. The fraction of sp³-hybridized carbons (Fsp3) is 0.500. The third-order valence-electron chi connectivity index (χ3n) is 4.64. The highest BCUT2D eigenvalue weighted by Crippen LogP contribution is 2.49. The van der Waals surface area contributed by atoms with Crippen LogP contribution in [0.5, 0.6) is 0 Å². The van der Waals surface area contributed by atoms with E-state index in [2.05, 4.69) is 0 Å². The number of benzene rings is 1. The summed E-state index contributed by atoms with van der Waals surface area (Å²) in [4.78, 5) is 25.2. The largest absolute Gasteiger partial charge is 0.481 e. The van der Waals surface area contributed by atoms with E-state index in [0.29, 0.717) is 36.0 Å². The molecular formula is C16H17Cl2NO3. The van der Waals surface area contributed by atoms with Crippen molar-refractivity contribution >= 4 is 35.1 Å². The van der Waals surface area contributed by atoms with Gasteiger partial charge in [0.05, 0.1) is 16.0 Å². The van der Waals surface area contributed by atoms with Crippen LogP contribution >= 0.6 is 23.2 Å². The van der Waals surface area contributed by atoms with Crippen LogP contribution in [-0.4, -0.2) is 35.0 Å². The Morgan fingerprint density at radius 3 is 2.41 bits per heavy atom. The molecule has 3 rings (SSSR count). The summed E-state index contributed by atoms with van der Waals surface area (Å²) in [5.41, 5.74) is 1.05. The molecule has 1 aliphatic carbocycles. The normalized spacial score (nSPS) is 25.1. The number of carbonyl (C=O) groups is 2. The molecule has 0 unspecified atom stereocenters. The van der Waals surface area contributed by atoms with Crippen LogP contribution in [0.3, 0.4) is 0 Å². The topological polar surface area (TPSA) is 57.6 Å². The summed E-state index contributed by atoms with van der Waals surface area (Å²) in [5.74, 6) is -0.723. The lowest BCUT2D eigenvalue weighted by atomic mass is 9.96. The van der Waals surface area contributed by atoms with Crippen molar-refractivity contribution < 1.29 is 14.7 Å². The van der Waals surface area contributed by atoms with Gasteiger partial charge in [0.25, 0.3) is 0 Å². The molecule has 0 spiro atoms. The average molecular weight is 342 g/mol. The number of carbonyl (C=O) groups excluding carboxylic acids is 1. The average Bonchev–Trinajstić information content (AvgIpc) is 3.30. The quantitative estimate of drug-likeness (QED) is 0.916. The fourth-order valence-corrected chi connectivity index (χ4v) is 3.47. The molecular weight excluding hydrogens is 325 g/mol. The molecule has 1 heterocycles. The van der Waals surface area contributed by atoms with Gasteiger partial charge >= 0.3 is 5.97 Å². The van der Waals surface area contributed by atoms with E-state index in [9.17, 15) is 9.59 Å². The molecule has 0 radical (unpaired) electrons. The molecule has 1 saturated heterocycles. The summed E-state index contributed by atoms with van der Waals surface area (Å²) in [5, 5.41) is 10.0. The maximum absolute atomic E-state index is 12.5. The molecule has 2 aliphatic rings. The molecule has 2 atom stereocenters. The van der Waals surface area contributed by atoms with E-state index in [4.69, 9.17) is 28.3 Å². The zero-order chi connectivity index (χ0) is 15.9. The molecule has 1 N–H and O–H groups in total. The van der Waals surface area contributed by atoms with Crippen LogP contribution in [0, 0.1) is 11.8 Å². The minimum Gasteiger partial charge on any atom is -0.481 e. The first-order chi connectivity index (χ1) is 10.5. The van der Waals surface area contributed by atoms with E-state index in [1.165, 1.54) is 0 Å². The molecule has 1 aromatic rings. The van der Waals surface area contributed by atoms with Gasteiger partial charge in [-0.1, -0.05) is 29.3 Å². The summed E-state index contributed by atoms with van der Waals surface area (Å²) in [7, 11) is 0. The van der Waals surface area contributed by atoms with Crippen LogP contribution in [0.1, 0.15) is 30.7 Å². The van der Waals surface area contributed by atoms with Gasteiger partial charge in [0.15, 0.2) is 0 Å². The molecule has 1 aromatic carbocycles. The summed E-state index contributed by atoms with van der Waals surface area (Å²) in [6.07, 6.45) is 1.92. The van der Waals surface area contributed by atoms with Crippen LogP contribution in [0.25, 0.3) is 0 Å². The molecule has 118 valence electrons. The van der Waals surface area contributed by atoms with Gasteiger partial charge in [0.1, 0.15) is 0 Å². The highest BCUT2D eigenvalue weighted by atomic mass is 35.5. The smallest absolute Gasteiger partial charge is 0.306 e. The molecule has 2 fully saturated rings. The summed E-state index contributed by atoms with van der Waals surface area (Å²) in [6, 6.07) is 5.51. The Labute approximate surface area is 139 Å². The van der Waals surface area contributed by atoms with E-state index in [-0.39, 0.29) is 23.7 Å². The van der Waals surface area contributed by atoms with Gasteiger partial charge in [-0.15, -0.1) is 0 Å². The van der Waals surface area contributed by atoms with Gasteiger partial charge in [-0.3, -0.25) is 9.59 Å². The SMILES string of the molecule is O=C(O)C1CCN(C(=O)[C@H]2C[C@H]2c2ccc(Cl)c(Cl)c2)CC1. The highest BCUT2D eigenvalue weighted by Gasteiger charge is 2.46. The predicted octanol–water partition coefficient (Wildman–Crippen LogP) is 3.42. The highest BCUT2D eigenvalue weighted by molar-refractivity contribution is 6.42. The van der Waals surface area contributed by atoms with Crippen LogP contribution in [0.2, 0.25) is 10.0 Å². The maximum atomic E-state index is 12.5. The van der Waals surface area contributed by atoms with E-state index in [0.717, 1.165) is 12.0 Å². The van der Waals surface area contributed by atoms with Crippen LogP contribution in [0.4, 0.5) is 0 Å². The molecule has 0 aromatic heterocycles. The summed E-state index contributed by atoms with van der Waals surface area (Å²) in [6.45, 7) is 1.08. The van der Waals surface area contributed by atoms with E-state index >= 15 is 0 Å². The van der Waals surface area contributed by atoms with E-state index in [1.807, 2.05) is 17.0 Å². The zero-order valence-electron chi connectivity index (χ0n) is 12.0. The Bertz CT molecular complexity index is 611. The Hall–Kier alpha value is -1.26. The fourth-order valence-electron chi connectivity index (χ4n) is 3.16. The van der Waals surface area contributed by atoms with Crippen LogP contribution < -0.4 is 0 Å². The number of hydrogen-bond acceptors (Lipinski definition) is 2. The first-order valence-corrected chi connectivity index (χ1v) is 8.19. The second-order valence-corrected chi connectivity index (χ2v) is 6.87. The van der Waals surface area contributed by atoms with Crippen molar-refractivity contribution in [3.63, 3.8) is 0 Å². The van der Waals surface area contributed by atoms with Crippen molar-refractivity contribution in [2.75, 3.05) is 13.1 Å². The zero-order valence-corrected chi connectivity index (χ0v) is 13.5. The maximum Gasteiger partial charge on any atom is 0.306 e. The van der Waals surface area contributed by atoms with Gasteiger partial charge in [0, 0.05) is 19.0 Å². The van der Waals surface area contributed by atoms with E-state index < -0.39 is 5.97 Å². The van der Waals surface area contributed by atoms with Crippen LogP contribution in [0.15, 0.2) is 18.2 Å². The predicted molar refractivity (Wildman–Crippen MR) is 84.2 cm³/mol. The molecule has 1 amide bonds. The van der Waals surface area contributed by atoms with Gasteiger partial charge in [-0.2, -0.15) is 0 Å². The number of halogens is 2. The third kappa shape index (κ3) is 3.08. The van der Waals surface area contributed by atoms with Crippen molar-refractivity contribution in [2.24, 2.45) is 11.8 Å². The number of carboxylic acids is 1. The van der Waals surface area contributed by atoms with Crippen molar-refractivity contribution in [3.05, 3.63) is 33.8 Å². The summed E-state index contributed by atoms with van der Waals surface area (Å²) < 4.78 is 0. The van der Waals surface area contributed by atoms with Crippen molar-refractivity contribution in [3.8, 4) is 0 Å². The minimum atomic E-state index is -0.757. The molecule has 0 bridgehead atoms. The monoisotopic (exact) mass is 341 g/mol. The standard InChI is InChI=1S/C16H17Cl2NO3/c17-13-2-1-10(7-14(13)18)11-8-12(11)15(20)19-5-3-9(4-6-19)16(21)22/h1-2,7,9,11-12H,3-6,8H2,(H,21,22)/t11-,12-/m0/s1. The molecule has 6 heteroatoms. The third-order valence-corrected chi connectivity index (χ3v) is 5.37. The summed E-state index contributed by atoms with van der Waals surface area (Å²) >= 11 is 11.9. The molecule has 1 saturated carbocycles. The van der Waals surface area contributed by atoms with Crippen molar-refractivity contribution in [1.29, 1.82) is 0 Å². The Kier molecular flexibility index (Phi) is 4.33. The number of piperidine rings is 1. The van der Waals surface area contributed by atoms with Gasteiger partial charge in [-0.05, 0) is 42.9 Å². The van der Waals surface area contributed by atoms with E-state index in [1.54, 1.807) is 6.07 Å². The second-order valence-electron chi connectivity index (χ2n) is 6.06. The number of likely N-dealkylation sites (tertiary alicyclic amines) is 1. The number of hydrogen-bond donors (Lipinski definition) is 1. The van der Waals surface area contributed by atoms with Crippen molar-refractivity contribution in [2.45, 2.75) is 25.2 Å².